The van der Waals surface area contributed by atoms with Crippen molar-refractivity contribution >= 4 is 11.8 Å². The van der Waals surface area contributed by atoms with E-state index in [0.717, 1.165) is 12.8 Å². The van der Waals surface area contributed by atoms with Gasteiger partial charge in [0.15, 0.2) is 0 Å². The topological polar surface area (TPSA) is 72.7 Å². The lowest BCUT2D eigenvalue weighted by molar-refractivity contribution is -0.385. The van der Waals surface area contributed by atoms with Crippen LogP contribution in [0.3, 0.4) is 0 Å². The molecule has 2 unspecified atom stereocenters. The summed E-state index contributed by atoms with van der Waals surface area (Å²) in [4.78, 5) is 24.5. The van der Waals surface area contributed by atoms with Crippen LogP contribution in [0.4, 0.5) is 10.5 Å². The van der Waals surface area contributed by atoms with E-state index in [9.17, 15) is 14.9 Å². The van der Waals surface area contributed by atoms with Crippen molar-refractivity contribution in [1.82, 2.24) is 4.90 Å². The van der Waals surface area contributed by atoms with E-state index < -0.39 is 11.0 Å². The first-order valence-corrected chi connectivity index (χ1v) is 7.59. The highest BCUT2D eigenvalue weighted by Gasteiger charge is 2.25. The Kier molecular flexibility index (Phi) is 6.82. The fourth-order valence-electron chi connectivity index (χ4n) is 2.21. The molecule has 0 aromatic heterocycles. The monoisotopic (exact) mass is 308 g/mol. The Balaban J connectivity index is 2.81. The first-order valence-electron chi connectivity index (χ1n) is 7.59. The van der Waals surface area contributed by atoms with Crippen molar-refractivity contribution in [3.8, 4) is 0 Å². The van der Waals surface area contributed by atoms with Crippen molar-refractivity contribution in [2.75, 3.05) is 0 Å². The van der Waals surface area contributed by atoms with Crippen molar-refractivity contribution in [2.24, 2.45) is 0 Å². The average Bonchev–Trinajstić information content (AvgIpc) is 2.52. The second kappa shape index (κ2) is 8.36. The summed E-state index contributed by atoms with van der Waals surface area (Å²) in [7, 11) is 0. The molecule has 2 atom stereocenters. The third-order valence-corrected chi connectivity index (χ3v) is 3.88. The Morgan fingerprint density at radius 2 is 1.77 bits per heavy atom. The predicted molar refractivity (Wildman–Crippen MR) is 84.6 cm³/mol. The minimum atomic E-state index is -0.468. The van der Waals surface area contributed by atoms with E-state index in [4.69, 9.17) is 4.74 Å². The number of carbonyl (C=O) groups is 1. The van der Waals surface area contributed by atoms with Crippen LogP contribution in [0.1, 0.15) is 46.1 Å². The lowest BCUT2D eigenvalue weighted by Gasteiger charge is -2.32. The number of nitro groups is 1. The lowest BCUT2D eigenvalue weighted by atomic mass is 10.1. The summed E-state index contributed by atoms with van der Waals surface area (Å²) in [6.07, 6.45) is 1.22. The van der Waals surface area contributed by atoms with Gasteiger partial charge in [0.2, 0.25) is 0 Å². The number of nitrogens with zero attached hydrogens (tertiary/aromatic N) is 2. The van der Waals surface area contributed by atoms with Gasteiger partial charge in [0.25, 0.3) is 5.69 Å². The molecule has 6 nitrogen and oxygen atoms in total. The zero-order valence-corrected chi connectivity index (χ0v) is 13.6. The number of ether oxygens (including phenoxy) is 1. The van der Waals surface area contributed by atoms with Gasteiger partial charge in [-0.1, -0.05) is 26.0 Å². The minimum Gasteiger partial charge on any atom is -0.444 e. The molecule has 6 heteroatoms. The van der Waals surface area contributed by atoms with Crippen molar-refractivity contribution < 1.29 is 14.5 Å². The third kappa shape index (κ3) is 4.44. The van der Waals surface area contributed by atoms with Crippen LogP contribution in [0.25, 0.3) is 0 Å². The van der Waals surface area contributed by atoms with Crippen molar-refractivity contribution in [1.29, 1.82) is 0 Å². The van der Waals surface area contributed by atoms with Gasteiger partial charge in [-0.15, -0.1) is 0 Å². The average molecular weight is 308 g/mol. The smallest absolute Gasteiger partial charge is 0.410 e. The first kappa shape index (κ1) is 17.9. The summed E-state index contributed by atoms with van der Waals surface area (Å²) in [5.74, 6) is 0. The summed E-state index contributed by atoms with van der Waals surface area (Å²) in [5.41, 5.74) is 0.364. The minimum absolute atomic E-state index is 0.0334. The van der Waals surface area contributed by atoms with Gasteiger partial charge >= 0.3 is 6.09 Å². The van der Waals surface area contributed by atoms with E-state index in [1.807, 2.05) is 27.7 Å². The number of amides is 1. The molecule has 1 aromatic carbocycles. The fourth-order valence-corrected chi connectivity index (χ4v) is 2.21. The summed E-state index contributed by atoms with van der Waals surface area (Å²) in [5, 5.41) is 11.0. The van der Waals surface area contributed by atoms with Crippen molar-refractivity contribution in [3.63, 3.8) is 0 Å². The summed E-state index contributed by atoms with van der Waals surface area (Å²) >= 11 is 0. The largest absolute Gasteiger partial charge is 0.444 e. The van der Waals surface area contributed by atoms with Gasteiger partial charge in [-0.25, -0.2) is 4.79 Å². The van der Waals surface area contributed by atoms with Crippen molar-refractivity contribution in [3.05, 3.63) is 39.9 Å². The molecule has 0 saturated carbocycles. The zero-order chi connectivity index (χ0) is 16.7. The summed E-state index contributed by atoms with van der Waals surface area (Å²) in [6.45, 7) is 7.86. The molecule has 0 heterocycles. The number of carbonyl (C=O) groups excluding carboxylic acids is 1. The number of nitro benzene ring substituents is 1. The Hall–Kier alpha value is -2.11. The molecule has 0 aliphatic heterocycles. The number of rotatable bonds is 7. The van der Waals surface area contributed by atoms with Gasteiger partial charge in [-0.3, -0.25) is 10.1 Å². The van der Waals surface area contributed by atoms with Gasteiger partial charge in [0.1, 0.15) is 6.61 Å². The van der Waals surface area contributed by atoms with E-state index in [0.29, 0.717) is 5.56 Å². The van der Waals surface area contributed by atoms with Crippen LogP contribution in [-0.2, 0) is 11.3 Å². The van der Waals surface area contributed by atoms with Crippen LogP contribution in [-0.4, -0.2) is 28.0 Å². The van der Waals surface area contributed by atoms with Gasteiger partial charge < -0.3 is 9.64 Å². The van der Waals surface area contributed by atoms with E-state index >= 15 is 0 Å². The first-order chi connectivity index (χ1) is 10.4. The van der Waals surface area contributed by atoms with Gasteiger partial charge in [0, 0.05) is 18.2 Å². The zero-order valence-electron chi connectivity index (χ0n) is 13.6. The number of hydrogen-bond donors (Lipinski definition) is 0. The van der Waals surface area contributed by atoms with E-state index in [2.05, 4.69) is 0 Å². The molecule has 0 radical (unpaired) electrons. The molecule has 0 N–H and O–H groups in total. The Morgan fingerprint density at radius 3 is 2.27 bits per heavy atom. The highest BCUT2D eigenvalue weighted by Crippen LogP contribution is 2.20. The highest BCUT2D eigenvalue weighted by atomic mass is 16.6. The second-order valence-electron chi connectivity index (χ2n) is 5.36. The van der Waals surface area contributed by atoms with E-state index in [-0.39, 0.29) is 24.4 Å². The van der Waals surface area contributed by atoms with Gasteiger partial charge in [-0.2, -0.15) is 0 Å². The fraction of sp³-hybridized carbons (Fsp3) is 0.562. The standard InChI is InChI=1S/C16H24N2O4/c1-5-12(3)17(13(4)6-2)16(19)22-11-14-9-7-8-10-15(14)18(20)21/h7-10,12-13H,5-6,11H2,1-4H3. The molecule has 0 aliphatic rings. The molecule has 22 heavy (non-hydrogen) atoms. The third-order valence-electron chi connectivity index (χ3n) is 3.88. The second-order valence-corrected chi connectivity index (χ2v) is 5.36. The molecule has 1 rings (SSSR count). The van der Waals surface area contributed by atoms with Crippen LogP contribution in [0.15, 0.2) is 24.3 Å². The Bertz CT molecular complexity index is 509. The maximum absolute atomic E-state index is 12.3. The van der Waals surface area contributed by atoms with Crippen LogP contribution in [0.2, 0.25) is 0 Å². The molecule has 0 fully saturated rings. The highest BCUT2D eigenvalue weighted by molar-refractivity contribution is 5.68. The maximum atomic E-state index is 12.3. The quantitative estimate of drug-likeness (QED) is 0.561. The van der Waals surface area contributed by atoms with Crippen LogP contribution < -0.4 is 0 Å². The van der Waals surface area contributed by atoms with E-state index in [1.54, 1.807) is 23.1 Å². The molecular formula is C16H24N2O4. The predicted octanol–water partition coefficient (Wildman–Crippen LogP) is 4.13. The van der Waals surface area contributed by atoms with Crippen LogP contribution >= 0.6 is 0 Å². The SMILES string of the molecule is CCC(C)N(C(=O)OCc1ccccc1[N+](=O)[O-])C(C)CC. The van der Waals surface area contributed by atoms with Gasteiger partial charge in [0.05, 0.1) is 10.5 Å². The number of hydrogen-bond acceptors (Lipinski definition) is 4. The van der Waals surface area contributed by atoms with Crippen molar-refractivity contribution in [2.45, 2.75) is 59.2 Å². The molecule has 1 amide bonds. The van der Waals surface area contributed by atoms with Crippen LogP contribution in [0.5, 0.6) is 0 Å². The Labute approximate surface area is 131 Å². The van der Waals surface area contributed by atoms with E-state index in [1.165, 1.54) is 6.07 Å². The summed E-state index contributed by atoms with van der Waals surface area (Å²) in [6, 6.07) is 6.42. The normalized spacial score (nSPS) is 13.3. The molecule has 1 aromatic rings. The van der Waals surface area contributed by atoms with Crippen LogP contribution in [0, 0.1) is 10.1 Å². The lowest BCUT2D eigenvalue weighted by Crippen LogP contribution is -2.44. The molecule has 0 aliphatic carbocycles. The Morgan fingerprint density at radius 1 is 1.23 bits per heavy atom. The number of para-hydroxylation sites is 1. The molecule has 0 bridgehead atoms. The molecule has 0 saturated heterocycles. The molecule has 0 spiro atoms. The molecular weight excluding hydrogens is 284 g/mol. The van der Waals surface area contributed by atoms with Gasteiger partial charge in [-0.05, 0) is 32.8 Å². The number of benzene rings is 1. The summed E-state index contributed by atoms with van der Waals surface area (Å²) < 4.78 is 5.31. The molecule has 122 valence electrons. The maximum Gasteiger partial charge on any atom is 0.410 e.